The molecule has 0 radical (unpaired) electrons. The summed E-state index contributed by atoms with van der Waals surface area (Å²) in [6.07, 6.45) is 6.52. The molecule has 0 unspecified atom stereocenters. The molecule has 1 aliphatic carbocycles. The molecule has 0 aliphatic heterocycles. The molecular formula is C21H26N2O2. The highest BCUT2D eigenvalue weighted by atomic mass is 16.2. The van der Waals surface area contributed by atoms with Crippen molar-refractivity contribution in [2.75, 3.05) is 0 Å². The predicted molar refractivity (Wildman–Crippen MR) is 99.9 cm³/mol. The minimum Gasteiger partial charge on any atom is -0.345 e. The maximum Gasteiger partial charge on any atom is 0.263 e. The first-order valence-corrected chi connectivity index (χ1v) is 9.15. The summed E-state index contributed by atoms with van der Waals surface area (Å²) in [7, 11) is 1.79. The van der Waals surface area contributed by atoms with Gasteiger partial charge >= 0.3 is 0 Å². The minimum atomic E-state index is -0.290. The van der Waals surface area contributed by atoms with Gasteiger partial charge in [0, 0.05) is 12.7 Å². The maximum atomic E-state index is 12.7. The monoisotopic (exact) mass is 338 g/mol. The Bertz CT molecular complexity index is 809. The zero-order valence-corrected chi connectivity index (χ0v) is 15.0. The molecule has 1 amide bonds. The summed E-state index contributed by atoms with van der Waals surface area (Å²) in [6, 6.07) is 11.5. The Morgan fingerprint density at radius 2 is 1.76 bits per heavy atom. The van der Waals surface area contributed by atoms with Crippen molar-refractivity contribution >= 4 is 5.91 Å². The van der Waals surface area contributed by atoms with Crippen molar-refractivity contribution in [3.63, 3.8) is 0 Å². The molecule has 0 saturated heterocycles. The van der Waals surface area contributed by atoms with Crippen LogP contribution in [0.3, 0.4) is 0 Å². The maximum absolute atomic E-state index is 12.7. The topological polar surface area (TPSA) is 51.1 Å². The van der Waals surface area contributed by atoms with E-state index in [2.05, 4.69) is 5.32 Å². The lowest BCUT2D eigenvalue weighted by Gasteiger charge is -2.19. The van der Waals surface area contributed by atoms with Crippen molar-refractivity contribution in [2.45, 2.75) is 51.5 Å². The third kappa shape index (κ3) is 3.84. The Morgan fingerprint density at radius 1 is 1.08 bits per heavy atom. The molecule has 1 aromatic heterocycles. The molecule has 4 heteroatoms. The van der Waals surface area contributed by atoms with Gasteiger partial charge in [-0.1, -0.05) is 43.2 Å². The molecule has 1 N–H and O–H groups in total. The number of aryl methyl sites for hydroxylation is 1. The molecule has 0 bridgehead atoms. The third-order valence-electron chi connectivity index (χ3n) is 5.13. The first kappa shape index (κ1) is 17.5. The minimum absolute atomic E-state index is 0.139. The van der Waals surface area contributed by atoms with Gasteiger partial charge < -0.3 is 9.88 Å². The highest BCUT2D eigenvalue weighted by Gasteiger charge is 2.20. The van der Waals surface area contributed by atoms with E-state index in [0.29, 0.717) is 0 Å². The van der Waals surface area contributed by atoms with E-state index in [4.69, 9.17) is 0 Å². The summed E-state index contributed by atoms with van der Waals surface area (Å²) in [5.41, 5.74) is 3.33. The van der Waals surface area contributed by atoms with Crippen LogP contribution in [0.15, 0.2) is 41.2 Å². The lowest BCUT2D eigenvalue weighted by molar-refractivity contribution is 0.0937. The van der Waals surface area contributed by atoms with E-state index in [1.165, 1.54) is 12.8 Å². The smallest absolute Gasteiger partial charge is 0.263 e. The Morgan fingerprint density at radius 3 is 2.48 bits per heavy atom. The van der Waals surface area contributed by atoms with Crippen molar-refractivity contribution in [1.82, 2.24) is 9.88 Å². The standard InChI is InChI=1S/C21H26N2O2/c1-15(16-10-7-5-8-11-16)22-20(24)18-14-17-12-6-3-4-9-13-19(17)23(2)21(18)25/h5,7-8,10-11,14-15H,3-4,6,9,12-13H2,1-2H3,(H,22,24)/t15-/m0/s1. The van der Waals surface area contributed by atoms with Gasteiger partial charge in [-0.05, 0) is 49.8 Å². The van der Waals surface area contributed by atoms with Gasteiger partial charge in [-0.15, -0.1) is 0 Å². The van der Waals surface area contributed by atoms with E-state index in [9.17, 15) is 9.59 Å². The van der Waals surface area contributed by atoms with Crippen molar-refractivity contribution < 1.29 is 4.79 Å². The van der Waals surface area contributed by atoms with Crippen LogP contribution in [-0.4, -0.2) is 10.5 Å². The Hall–Kier alpha value is -2.36. The first-order chi connectivity index (χ1) is 12.1. The van der Waals surface area contributed by atoms with Crippen LogP contribution in [0.1, 0.15) is 65.8 Å². The van der Waals surface area contributed by atoms with Gasteiger partial charge in [-0.3, -0.25) is 9.59 Å². The van der Waals surface area contributed by atoms with Gasteiger partial charge in [0.15, 0.2) is 0 Å². The molecule has 4 nitrogen and oxygen atoms in total. The van der Waals surface area contributed by atoms with Crippen LogP contribution in [0, 0.1) is 0 Å². The highest BCUT2D eigenvalue weighted by Crippen LogP contribution is 2.20. The number of rotatable bonds is 3. The summed E-state index contributed by atoms with van der Waals surface area (Å²) in [4.78, 5) is 25.4. The molecule has 132 valence electrons. The Labute approximate surface area is 148 Å². The number of pyridine rings is 1. The third-order valence-corrected chi connectivity index (χ3v) is 5.13. The summed E-state index contributed by atoms with van der Waals surface area (Å²) in [5, 5.41) is 2.96. The van der Waals surface area contributed by atoms with E-state index in [1.54, 1.807) is 11.6 Å². The zero-order chi connectivity index (χ0) is 17.8. The van der Waals surface area contributed by atoms with E-state index < -0.39 is 0 Å². The molecule has 1 heterocycles. The van der Waals surface area contributed by atoms with Gasteiger partial charge in [0.1, 0.15) is 5.56 Å². The van der Waals surface area contributed by atoms with Crippen LogP contribution in [0.5, 0.6) is 0 Å². The van der Waals surface area contributed by atoms with Crippen LogP contribution < -0.4 is 10.9 Å². The molecule has 1 aromatic carbocycles. The fraction of sp³-hybridized carbons (Fsp3) is 0.429. The molecular weight excluding hydrogens is 312 g/mol. The lowest BCUT2D eigenvalue weighted by Crippen LogP contribution is -2.35. The molecule has 1 aliphatic rings. The number of nitrogens with one attached hydrogen (secondary N) is 1. The number of benzene rings is 1. The number of carbonyl (C=O) groups is 1. The summed E-state index contributed by atoms with van der Waals surface area (Å²) < 4.78 is 1.68. The fourth-order valence-corrected chi connectivity index (χ4v) is 3.61. The summed E-state index contributed by atoms with van der Waals surface area (Å²) in [6.45, 7) is 1.94. The summed E-state index contributed by atoms with van der Waals surface area (Å²) in [5.74, 6) is -0.290. The Balaban J connectivity index is 1.88. The number of amides is 1. The predicted octanol–water partition coefficient (Wildman–Crippen LogP) is 3.54. The number of nitrogens with zero attached hydrogens (tertiary/aromatic N) is 1. The van der Waals surface area contributed by atoms with Crippen LogP contribution in [0.25, 0.3) is 0 Å². The molecule has 0 fully saturated rings. The quantitative estimate of drug-likeness (QED) is 0.931. The molecule has 0 spiro atoms. The molecule has 0 saturated carbocycles. The Kier molecular flexibility index (Phi) is 5.37. The molecule has 2 aromatic rings. The second-order valence-electron chi connectivity index (χ2n) is 6.91. The van der Waals surface area contributed by atoms with Gasteiger partial charge in [0.05, 0.1) is 6.04 Å². The fourth-order valence-electron chi connectivity index (χ4n) is 3.61. The van der Waals surface area contributed by atoms with E-state index in [-0.39, 0.29) is 23.1 Å². The number of fused-ring (bicyclic) bond motifs is 1. The van der Waals surface area contributed by atoms with E-state index >= 15 is 0 Å². The van der Waals surface area contributed by atoms with Crippen LogP contribution >= 0.6 is 0 Å². The average Bonchev–Trinajstić information content (AvgIpc) is 2.59. The number of carbonyl (C=O) groups excluding carboxylic acids is 1. The highest BCUT2D eigenvalue weighted by molar-refractivity contribution is 5.94. The first-order valence-electron chi connectivity index (χ1n) is 9.15. The van der Waals surface area contributed by atoms with Gasteiger partial charge in [-0.25, -0.2) is 0 Å². The molecule has 3 rings (SSSR count). The van der Waals surface area contributed by atoms with Crippen LogP contribution in [0.4, 0.5) is 0 Å². The normalized spacial score (nSPS) is 15.6. The number of hydrogen-bond acceptors (Lipinski definition) is 2. The average molecular weight is 338 g/mol. The van der Waals surface area contributed by atoms with Gasteiger partial charge in [-0.2, -0.15) is 0 Å². The lowest BCUT2D eigenvalue weighted by atomic mass is 9.95. The van der Waals surface area contributed by atoms with Crippen LogP contribution in [-0.2, 0) is 19.9 Å². The van der Waals surface area contributed by atoms with Crippen molar-refractivity contribution in [1.29, 1.82) is 0 Å². The van der Waals surface area contributed by atoms with Crippen molar-refractivity contribution in [3.05, 3.63) is 69.1 Å². The summed E-state index contributed by atoms with van der Waals surface area (Å²) >= 11 is 0. The molecule has 1 atom stereocenters. The van der Waals surface area contributed by atoms with E-state index in [1.807, 2.05) is 43.3 Å². The van der Waals surface area contributed by atoms with Gasteiger partial charge in [0.2, 0.25) is 0 Å². The largest absolute Gasteiger partial charge is 0.345 e. The number of hydrogen-bond donors (Lipinski definition) is 1. The van der Waals surface area contributed by atoms with Crippen molar-refractivity contribution in [3.8, 4) is 0 Å². The van der Waals surface area contributed by atoms with Gasteiger partial charge in [0.25, 0.3) is 11.5 Å². The second-order valence-corrected chi connectivity index (χ2v) is 6.91. The van der Waals surface area contributed by atoms with E-state index in [0.717, 1.165) is 42.5 Å². The SMILES string of the molecule is C[C@H](NC(=O)c1cc2c(n(C)c1=O)CCCCCC2)c1ccccc1. The van der Waals surface area contributed by atoms with Crippen LogP contribution in [0.2, 0.25) is 0 Å². The van der Waals surface area contributed by atoms with Crippen molar-refractivity contribution in [2.24, 2.45) is 7.05 Å². The number of aromatic nitrogens is 1. The second kappa shape index (κ2) is 7.68. The zero-order valence-electron chi connectivity index (χ0n) is 15.0. The molecule has 25 heavy (non-hydrogen) atoms.